The van der Waals surface area contributed by atoms with Gasteiger partial charge >= 0.3 is 0 Å². The summed E-state index contributed by atoms with van der Waals surface area (Å²) in [6, 6.07) is 5.42. The Morgan fingerprint density at radius 3 is 2.75 bits per heavy atom. The van der Waals surface area contributed by atoms with Gasteiger partial charge < -0.3 is 5.32 Å². The fraction of sp³-hybridized carbons (Fsp3) is 0.500. The molecular formula is C14H16N2. The maximum Gasteiger partial charge on any atom is 0.0428 e. The molecule has 2 saturated heterocycles. The summed E-state index contributed by atoms with van der Waals surface area (Å²) in [6.45, 7) is 0. The SMILES string of the molecule is C(#CC1CC2CCC(C1)N2)c1cccnc1. The second-order valence-corrected chi connectivity index (χ2v) is 4.82. The highest BCUT2D eigenvalue weighted by atomic mass is 15.0. The minimum absolute atomic E-state index is 0.582. The number of piperidine rings is 1. The second kappa shape index (κ2) is 4.27. The maximum absolute atomic E-state index is 4.08. The Labute approximate surface area is 96.5 Å². The summed E-state index contributed by atoms with van der Waals surface area (Å²) < 4.78 is 0. The van der Waals surface area contributed by atoms with Crippen molar-refractivity contribution in [2.24, 2.45) is 5.92 Å². The molecule has 2 aliphatic rings. The van der Waals surface area contributed by atoms with Crippen LogP contribution in [-0.2, 0) is 0 Å². The molecule has 2 aliphatic heterocycles. The molecular weight excluding hydrogens is 196 g/mol. The molecule has 2 nitrogen and oxygen atoms in total. The van der Waals surface area contributed by atoms with Gasteiger partial charge in [-0.15, -0.1) is 0 Å². The molecule has 1 aromatic heterocycles. The quantitative estimate of drug-likeness (QED) is 0.665. The third kappa shape index (κ3) is 2.10. The van der Waals surface area contributed by atoms with Crippen molar-refractivity contribution in [3.05, 3.63) is 30.1 Å². The number of hydrogen-bond acceptors (Lipinski definition) is 2. The van der Waals surface area contributed by atoms with Crippen molar-refractivity contribution >= 4 is 0 Å². The van der Waals surface area contributed by atoms with Gasteiger partial charge in [0.05, 0.1) is 0 Å². The van der Waals surface area contributed by atoms with E-state index in [0.717, 1.165) is 17.6 Å². The molecule has 0 aliphatic carbocycles. The van der Waals surface area contributed by atoms with E-state index in [9.17, 15) is 0 Å². The number of nitrogens with zero attached hydrogens (tertiary/aromatic N) is 1. The van der Waals surface area contributed by atoms with Crippen LogP contribution in [0.2, 0.25) is 0 Å². The molecule has 0 spiro atoms. The van der Waals surface area contributed by atoms with Gasteiger partial charge in [0, 0.05) is 36.0 Å². The van der Waals surface area contributed by atoms with Gasteiger partial charge in [-0.3, -0.25) is 4.98 Å². The summed E-state index contributed by atoms with van der Waals surface area (Å²) >= 11 is 0. The normalized spacial score (nSPS) is 31.9. The van der Waals surface area contributed by atoms with Crippen molar-refractivity contribution < 1.29 is 0 Å². The minimum Gasteiger partial charge on any atom is -0.311 e. The molecule has 0 saturated carbocycles. The monoisotopic (exact) mass is 212 g/mol. The molecule has 0 amide bonds. The molecule has 0 aromatic carbocycles. The molecule has 2 fully saturated rings. The van der Waals surface area contributed by atoms with Crippen molar-refractivity contribution in [3.8, 4) is 11.8 Å². The van der Waals surface area contributed by atoms with Crippen LogP contribution < -0.4 is 5.32 Å². The molecule has 82 valence electrons. The van der Waals surface area contributed by atoms with Gasteiger partial charge in [0.1, 0.15) is 0 Å². The first-order valence-corrected chi connectivity index (χ1v) is 6.08. The van der Waals surface area contributed by atoms with Crippen LogP contribution in [0.5, 0.6) is 0 Å². The fourth-order valence-electron chi connectivity index (χ4n) is 2.80. The van der Waals surface area contributed by atoms with E-state index in [1.807, 2.05) is 18.3 Å². The van der Waals surface area contributed by atoms with E-state index in [-0.39, 0.29) is 0 Å². The molecule has 2 atom stereocenters. The van der Waals surface area contributed by atoms with E-state index >= 15 is 0 Å². The van der Waals surface area contributed by atoms with Gasteiger partial charge in [-0.05, 0) is 37.8 Å². The highest BCUT2D eigenvalue weighted by molar-refractivity contribution is 5.32. The van der Waals surface area contributed by atoms with Crippen molar-refractivity contribution in [1.29, 1.82) is 0 Å². The predicted molar refractivity (Wildman–Crippen MR) is 63.8 cm³/mol. The summed E-state index contributed by atoms with van der Waals surface area (Å²) in [6.07, 6.45) is 8.76. The zero-order valence-corrected chi connectivity index (χ0v) is 9.32. The highest BCUT2D eigenvalue weighted by Crippen LogP contribution is 2.30. The number of nitrogens with one attached hydrogen (secondary N) is 1. The average Bonchev–Trinajstić information content (AvgIpc) is 2.67. The van der Waals surface area contributed by atoms with Crippen LogP contribution in [0.15, 0.2) is 24.5 Å². The standard InChI is InChI=1S/C14H16N2/c1-2-11(10-15-7-1)3-4-12-8-13-5-6-14(9-12)16-13/h1-2,7,10,12-14,16H,5-6,8-9H2. The Hall–Kier alpha value is -1.33. The van der Waals surface area contributed by atoms with E-state index < -0.39 is 0 Å². The molecule has 2 unspecified atom stereocenters. The van der Waals surface area contributed by atoms with Gasteiger partial charge in [-0.2, -0.15) is 0 Å². The van der Waals surface area contributed by atoms with Crippen LogP contribution in [-0.4, -0.2) is 17.1 Å². The first-order valence-electron chi connectivity index (χ1n) is 6.08. The van der Waals surface area contributed by atoms with Crippen LogP contribution in [0.1, 0.15) is 31.2 Å². The van der Waals surface area contributed by atoms with E-state index in [1.54, 1.807) is 6.20 Å². The molecule has 1 aromatic rings. The number of rotatable bonds is 0. The molecule has 16 heavy (non-hydrogen) atoms. The zero-order valence-electron chi connectivity index (χ0n) is 9.32. The average molecular weight is 212 g/mol. The van der Waals surface area contributed by atoms with Gasteiger partial charge in [-0.1, -0.05) is 11.8 Å². The summed E-state index contributed by atoms with van der Waals surface area (Å²) in [5, 5.41) is 3.64. The van der Waals surface area contributed by atoms with Crippen LogP contribution in [0, 0.1) is 17.8 Å². The number of hydrogen-bond donors (Lipinski definition) is 1. The Kier molecular flexibility index (Phi) is 2.63. The minimum atomic E-state index is 0.582. The van der Waals surface area contributed by atoms with Crippen molar-refractivity contribution in [3.63, 3.8) is 0 Å². The Morgan fingerprint density at radius 1 is 1.25 bits per heavy atom. The van der Waals surface area contributed by atoms with Crippen molar-refractivity contribution in [2.45, 2.75) is 37.8 Å². The molecule has 1 N–H and O–H groups in total. The van der Waals surface area contributed by atoms with Crippen LogP contribution in [0.4, 0.5) is 0 Å². The number of pyridine rings is 1. The van der Waals surface area contributed by atoms with E-state index in [4.69, 9.17) is 0 Å². The molecule has 2 bridgehead atoms. The molecule has 3 rings (SSSR count). The van der Waals surface area contributed by atoms with Crippen LogP contribution in [0.25, 0.3) is 0 Å². The van der Waals surface area contributed by atoms with Gasteiger partial charge in [0.2, 0.25) is 0 Å². The van der Waals surface area contributed by atoms with Gasteiger partial charge in [-0.25, -0.2) is 0 Å². The maximum atomic E-state index is 4.08. The third-order valence-corrected chi connectivity index (χ3v) is 3.56. The summed E-state index contributed by atoms with van der Waals surface area (Å²) in [5.74, 6) is 7.23. The summed E-state index contributed by atoms with van der Waals surface area (Å²) in [4.78, 5) is 4.08. The molecule has 3 heterocycles. The zero-order chi connectivity index (χ0) is 10.8. The lowest BCUT2D eigenvalue weighted by Gasteiger charge is -2.25. The Balaban J connectivity index is 1.69. The highest BCUT2D eigenvalue weighted by Gasteiger charge is 2.32. The summed E-state index contributed by atoms with van der Waals surface area (Å²) in [7, 11) is 0. The fourth-order valence-corrected chi connectivity index (χ4v) is 2.80. The van der Waals surface area contributed by atoms with E-state index in [2.05, 4.69) is 22.1 Å². The topological polar surface area (TPSA) is 24.9 Å². The van der Waals surface area contributed by atoms with Crippen molar-refractivity contribution in [1.82, 2.24) is 10.3 Å². The van der Waals surface area contributed by atoms with E-state index in [0.29, 0.717) is 5.92 Å². The third-order valence-electron chi connectivity index (χ3n) is 3.56. The van der Waals surface area contributed by atoms with Gasteiger partial charge in [0.25, 0.3) is 0 Å². The van der Waals surface area contributed by atoms with Crippen LogP contribution in [0.3, 0.4) is 0 Å². The second-order valence-electron chi connectivity index (χ2n) is 4.82. The number of aromatic nitrogens is 1. The van der Waals surface area contributed by atoms with Gasteiger partial charge in [0.15, 0.2) is 0 Å². The Morgan fingerprint density at radius 2 is 2.06 bits per heavy atom. The largest absolute Gasteiger partial charge is 0.311 e. The molecule has 0 radical (unpaired) electrons. The lowest BCUT2D eigenvalue weighted by Crippen LogP contribution is -2.37. The van der Waals surface area contributed by atoms with E-state index in [1.165, 1.54) is 25.7 Å². The lowest BCUT2D eigenvalue weighted by atomic mass is 9.93. The predicted octanol–water partition coefficient (Wildman–Crippen LogP) is 1.96. The number of fused-ring (bicyclic) bond motifs is 2. The van der Waals surface area contributed by atoms with Crippen molar-refractivity contribution in [2.75, 3.05) is 0 Å². The Bertz CT molecular complexity index is 403. The lowest BCUT2D eigenvalue weighted by molar-refractivity contribution is 0.352. The first-order chi connectivity index (χ1) is 7.90. The summed E-state index contributed by atoms with van der Waals surface area (Å²) in [5.41, 5.74) is 1.04. The molecule has 2 heteroatoms. The van der Waals surface area contributed by atoms with Crippen LogP contribution >= 0.6 is 0 Å². The first kappa shape index (κ1) is 9.86. The smallest absolute Gasteiger partial charge is 0.0428 e.